The molecule has 1 amide bonds. The molecule has 2 rings (SSSR count). The predicted octanol–water partition coefficient (Wildman–Crippen LogP) is 4.81. The summed E-state index contributed by atoms with van der Waals surface area (Å²) >= 11 is 9.29. The van der Waals surface area contributed by atoms with Crippen molar-refractivity contribution in [3.05, 3.63) is 56.8 Å². The van der Waals surface area contributed by atoms with E-state index in [1.54, 1.807) is 19.1 Å². The molecule has 0 saturated carbocycles. The Morgan fingerprint density at radius 1 is 1.33 bits per heavy atom. The van der Waals surface area contributed by atoms with E-state index in [0.717, 1.165) is 0 Å². The molecular formula is C15H12BrClFNO2. The van der Waals surface area contributed by atoms with E-state index < -0.39 is 0 Å². The first-order chi connectivity index (χ1) is 9.92. The van der Waals surface area contributed by atoms with Crippen molar-refractivity contribution in [1.82, 2.24) is 0 Å². The molecule has 0 atom stereocenters. The summed E-state index contributed by atoms with van der Waals surface area (Å²) in [4.78, 5) is 12.3. The maximum Gasteiger partial charge on any atom is 0.256 e. The molecule has 0 aromatic heterocycles. The summed E-state index contributed by atoms with van der Waals surface area (Å²) in [5, 5.41) is 3.17. The Bertz CT molecular complexity index is 706. The third-order valence-corrected chi connectivity index (χ3v) is 3.70. The van der Waals surface area contributed by atoms with E-state index in [2.05, 4.69) is 21.2 Å². The van der Waals surface area contributed by atoms with E-state index in [-0.39, 0.29) is 11.7 Å². The molecule has 0 heterocycles. The molecule has 0 spiro atoms. The van der Waals surface area contributed by atoms with Crippen LogP contribution in [0.1, 0.15) is 15.9 Å². The maximum atomic E-state index is 13.1. The number of benzene rings is 2. The number of nitrogens with one attached hydrogen (secondary N) is 1. The Kier molecular flexibility index (Phi) is 4.85. The van der Waals surface area contributed by atoms with Gasteiger partial charge in [-0.05, 0) is 58.7 Å². The number of anilines is 1. The molecule has 2 aromatic carbocycles. The number of halogens is 3. The second-order valence-electron chi connectivity index (χ2n) is 4.38. The van der Waals surface area contributed by atoms with Crippen molar-refractivity contribution in [3.8, 4) is 5.75 Å². The summed E-state index contributed by atoms with van der Waals surface area (Å²) in [5.74, 6) is -0.278. The fourth-order valence-electron chi connectivity index (χ4n) is 1.93. The van der Waals surface area contributed by atoms with Gasteiger partial charge >= 0.3 is 0 Å². The van der Waals surface area contributed by atoms with Gasteiger partial charge in [-0.25, -0.2) is 4.39 Å². The number of hydrogen-bond donors (Lipinski definition) is 1. The number of amides is 1. The van der Waals surface area contributed by atoms with Gasteiger partial charge in [-0.2, -0.15) is 0 Å². The van der Waals surface area contributed by atoms with E-state index in [1.165, 1.54) is 25.3 Å². The number of carbonyl (C=O) groups is 1. The molecule has 0 aliphatic carbocycles. The molecular weight excluding hydrogens is 361 g/mol. The van der Waals surface area contributed by atoms with Crippen LogP contribution in [0.5, 0.6) is 5.75 Å². The Labute approximate surface area is 135 Å². The van der Waals surface area contributed by atoms with Gasteiger partial charge < -0.3 is 10.1 Å². The van der Waals surface area contributed by atoms with Crippen LogP contribution in [-0.2, 0) is 0 Å². The third-order valence-electron chi connectivity index (χ3n) is 2.89. The van der Waals surface area contributed by atoms with Crippen LogP contribution in [0.3, 0.4) is 0 Å². The van der Waals surface area contributed by atoms with Gasteiger partial charge in [0.2, 0.25) is 0 Å². The summed E-state index contributed by atoms with van der Waals surface area (Å²) in [6.07, 6.45) is 0. The molecule has 21 heavy (non-hydrogen) atoms. The number of methoxy groups -OCH3 is 1. The van der Waals surface area contributed by atoms with Crippen molar-refractivity contribution in [1.29, 1.82) is 0 Å². The van der Waals surface area contributed by atoms with E-state index in [9.17, 15) is 9.18 Å². The standard InChI is InChI=1S/C15H12BrClFNO2/c1-8-5-10(18)3-4-11(8)15(20)19-13-7-9(17)6-12(16)14(13)21-2/h3-7H,1-2H3,(H,19,20). The van der Waals surface area contributed by atoms with Gasteiger partial charge in [0, 0.05) is 10.6 Å². The van der Waals surface area contributed by atoms with Crippen LogP contribution < -0.4 is 10.1 Å². The number of hydrogen-bond acceptors (Lipinski definition) is 2. The Morgan fingerprint density at radius 3 is 2.67 bits per heavy atom. The summed E-state index contributed by atoms with van der Waals surface area (Å²) in [6.45, 7) is 1.67. The second-order valence-corrected chi connectivity index (χ2v) is 5.67. The van der Waals surface area contributed by atoms with Gasteiger partial charge in [0.25, 0.3) is 5.91 Å². The van der Waals surface area contributed by atoms with Crippen molar-refractivity contribution < 1.29 is 13.9 Å². The predicted molar refractivity (Wildman–Crippen MR) is 84.8 cm³/mol. The van der Waals surface area contributed by atoms with Crippen molar-refractivity contribution >= 4 is 39.1 Å². The largest absolute Gasteiger partial charge is 0.493 e. The monoisotopic (exact) mass is 371 g/mol. The summed E-state index contributed by atoms with van der Waals surface area (Å²) in [6, 6.07) is 7.24. The molecule has 110 valence electrons. The van der Waals surface area contributed by atoms with Gasteiger partial charge in [0.05, 0.1) is 17.3 Å². The highest BCUT2D eigenvalue weighted by Gasteiger charge is 2.15. The first-order valence-electron chi connectivity index (χ1n) is 6.03. The van der Waals surface area contributed by atoms with Crippen molar-refractivity contribution in [2.75, 3.05) is 12.4 Å². The SMILES string of the molecule is COc1c(Br)cc(Cl)cc1NC(=O)c1ccc(F)cc1C. The van der Waals surface area contributed by atoms with Crippen LogP contribution in [0.25, 0.3) is 0 Å². The van der Waals surface area contributed by atoms with E-state index >= 15 is 0 Å². The number of ether oxygens (including phenoxy) is 1. The first-order valence-corrected chi connectivity index (χ1v) is 7.20. The van der Waals surface area contributed by atoms with Crippen LogP contribution in [0.15, 0.2) is 34.8 Å². The normalized spacial score (nSPS) is 10.3. The molecule has 0 radical (unpaired) electrons. The molecule has 0 bridgehead atoms. The van der Waals surface area contributed by atoms with E-state index in [1.807, 2.05) is 0 Å². The fraction of sp³-hybridized carbons (Fsp3) is 0.133. The van der Waals surface area contributed by atoms with Crippen molar-refractivity contribution in [2.24, 2.45) is 0 Å². The molecule has 6 heteroatoms. The van der Waals surface area contributed by atoms with Crippen LogP contribution in [0, 0.1) is 12.7 Å². The van der Waals surface area contributed by atoms with Crippen LogP contribution in [0.2, 0.25) is 5.02 Å². The lowest BCUT2D eigenvalue weighted by Gasteiger charge is -2.13. The van der Waals surface area contributed by atoms with Gasteiger partial charge in [-0.1, -0.05) is 11.6 Å². The smallest absolute Gasteiger partial charge is 0.256 e. The molecule has 1 N–H and O–H groups in total. The molecule has 2 aromatic rings. The Morgan fingerprint density at radius 2 is 2.05 bits per heavy atom. The quantitative estimate of drug-likeness (QED) is 0.839. The lowest BCUT2D eigenvalue weighted by molar-refractivity contribution is 0.102. The molecule has 0 fully saturated rings. The first kappa shape index (κ1) is 15.8. The minimum absolute atomic E-state index is 0.361. The topological polar surface area (TPSA) is 38.3 Å². The van der Waals surface area contributed by atoms with Gasteiger partial charge in [0.15, 0.2) is 5.75 Å². The van der Waals surface area contributed by atoms with Gasteiger partial charge in [0.1, 0.15) is 5.82 Å². The van der Waals surface area contributed by atoms with E-state index in [4.69, 9.17) is 16.3 Å². The minimum atomic E-state index is -0.382. The summed E-state index contributed by atoms with van der Waals surface area (Å²) in [7, 11) is 1.49. The fourth-order valence-corrected chi connectivity index (χ4v) is 2.90. The average molecular weight is 373 g/mol. The molecule has 0 aliphatic heterocycles. The highest BCUT2D eigenvalue weighted by atomic mass is 79.9. The van der Waals surface area contributed by atoms with Crippen molar-refractivity contribution in [3.63, 3.8) is 0 Å². The minimum Gasteiger partial charge on any atom is -0.493 e. The second kappa shape index (κ2) is 6.45. The van der Waals surface area contributed by atoms with Crippen LogP contribution >= 0.6 is 27.5 Å². The zero-order valence-corrected chi connectivity index (χ0v) is 13.7. The average Bonchev–Trinajstić information content (AvgIpc) is 2.37. The van der Waals surface area contributed by atoms with E-state index in [0.29, 0.717) is 32.1 Å². The lowest BCUT2D eigenvalue weighted by Crippen LogP contribution is -2.14. The Balaban J connectivity index is 2.35. The molecule has 0 aliphatic rings. The highest BCUT2D eigenvalue weighted by molar-refractivity contribution is 9.10. The van der Waals surface area contributed by atoms with Crippen LogP contribution in [0.4, 0.5) is 10.1 Å². The van der Waals surface area contributed by atoms with Crippen LogP contribution in [-0.4, -0.2) is 13.0 Å². The number of carbonyl (C=O) groups excluding carboxylic acids is 1. The molecule has 3 nitrogen and oxygen atoms in total. The zero-order chi connectivity index (χ0) is 15.6. The zero-order valence-electron chi connectivity index (χ0n) is 11.3. The van der Waals surface area contributed by atoms with Gasteiger partial charge in [-0.3, -0.25) is 4.79 Å². The molecule has 0 saturated heterocycles. The number of aryl methyl sites for hydroxylation is 1. The van der Waals surface area contributed by atoms with Gasteiger partial charge in [-0.15, -0.1) is 0 Å². The third kappa shape index (κ3) is 3.54. The summed E-state index contributed by atoms with van der Waals surface area (Å²) < 4.78 is 19.0. The highest BCUT2D eigenvalue weighted by Crippen LogP contribution is 2.36. The maximum absolute atomic E-state index is 13.1. The van der Waals surface area contributed by atoms with Crippen molar-refractivity contribution in [2.45, 2.75) is 6.92 Å². The number of rotatable bonds is 3. The summed E-state index contributed by atoms with van der Waals surface area (Å²) in [5.41, 5.74) is 1.37. The molecule has 0 unspecified atom stereocenters. The lowest BCUT2D eigenvalue weighted by atomic mass is 10.1. The Hall–Kier alpha value is -1.59.